The van der Waals surface area contributed by atoms with Gasteiger partial charge in [-0.2, -0.15) is 5.10 Å². The molecule has 4 rings (SSSR count). The van der Waals surface area contributed by atoms with E-state index in [1.807, 2.05) is 10.7 Å². The predicted octanol–water partition coefficient (Wildman–Crippen LogP) is 3.34. The van der Waals surface area contributed by atoms with Crippen molar-refractivity contribution in [2.45, 2.75) is 51.0 Å². The lowest BCUT2D eigenvalue weighted by Crippen LogP contribution is -2.23. The van der Waals surface area contributed by atoms with E-state index in [2.05, 4.69) is 10.4 Å². The normalized spacial score (nSPS) is 16.8. The van der Waals surface area contributed by atoms with E-state index >= 15 is 0 Å². The number of esters is 1. The number of aryl methyl sites for hydroxylation is 2. The molecule has 25 heavy (non-hydrogen) atoms. The van der Waals surface area contributed by atoms with Crippen molar-refractivity contribution in [3.05, 3.63) is 33.6 Å². The molecule has 0 atom stereocenters. The minimum Gasteiger partial charge on any atom is -0.451 e. The summed E-state index contributed by atoms with van der Waals surface area (Å²) in [5, 5.41) is 7.12. The molecule has 1 N–H and O–H groups in total. The first-order valence-corrected chi connectivity index (χ1v) is 9.64. The number of carbonyl (C=O) groups excluding carboxylic acids is 2. The fourth-order valence-electron chi connectivity index (χ4n) is 3.66. The quantitative estimate of drug-likeness (QED) is 0.831. The molecule has 2 aliphatic rings. The highest BCUT2D eigenvalue weighted by Crippen LogP contribution is 2.32. The maximum Gasteiger partial charge on any atom is 0.348 e. The van der Waals surface area contributed by atoms with E-state index in [-0.39, 0.29) is 12.5 Å². The zero-order chi connectivity index (χ0) is 17.2. The molecule has 0 aromatic carbocycles. The molecule has 1 saturated carbocycles. The van der Waals surface area contributed by atoms with Crippen molar-refractivity contribution in [1.82, 2.24) is 9.78 Å². The monoisotopic (exact) mass is 359 g/mol. The molecule has 132 valence electrons. The van der Waals surface area contributed by atoms with E-state index in [1.54, 1.807) is 12.3 Å². The summed E-state index contributed by atoms with van der Waals surface area (Å²) >= 11 is 1.49. The van der Waals surface area contributed by atoms with Gasteiger partial charge in [0.2, 0.25) is 0 Å². The summed E-state index contributed by atoms with van der Waals surface area (Å²) in [7, 11) is 0. The average Bonchev–Trinajstić information content (AvgIpc) is 3.33. The smallest absolute Gasteiger partial charge is 0.348 e. The van der Waals surface area contributed by atoms with Crippen molar-refractivity contribution < 1.29 is 14.3 Å². The highest BCUT2D eigenvalue weighted by atomic mass is 32.1. The van der Waals surface area contributed by atoms with Crippen molar-refractivity contribution in [1.29, 1.82) is 0 Å². The zero-order valence-corrected chi connectivity index (χ0v) is 14.8. The van der Waals surface area contributed by atoms with Crippen molar-refractivity contribution >= 4 is 29.0 Å². The summed E-state index contributed by atoms with van der Waals surface area (Å²) in [6.07, 6.45) is 9.48. The van der Waals surface area contributed by atoms with E-state index in [0.717, 1.165) is 32.1 Å². The third-order valence-electron chi connectivity index (χ3n) is 4.89. The second-order valence-corrected chi connectivity index (χ2v) is 7.77. The van der Waals surface area contributed by atoms with Crippen LogP contribution in [-0.4, -0.2) is 28.3 Å². The van der Waals surface area contributed by atoms with Crippen molar-refractivity contribution in [2.75, 3.05) is 11.9 Å². The Balaban J connectivity index is 1.32. The van der Waals surface area contributed by atoms with Crippen LogP contribution in [0.25, 0.3) is 0 Å². The van der Waals surface area contributed by atoms with Crippen LogP contribution >= 0.6 is 11.3 Å². The van der Waals surface area contributed by atoms with Gasteiger partial charge in [0.15, 0.2) is 6.61 Å². The average molecular weight is 359 g/mol. The molecule has 0 aliphatic heterocycles. The summed E-state index contributed by atoms with van der Waals surface area (Å²) in [5.74, 6) is -0.0842. The van der Waals surface area contributed by atoms with Crippen LogP contribution in [0.5, 0.6) is 0 Å². The van der Waals surface area contributed by atoms with Crippen molar-refractivity contribution in [3.63, 3.8) is 0 Å². The lowest BCUT2D eigenvalue weighted by molar-refractivity contribution is -0.119. The minimum absolute atomic E-state index is 0.281. The van der Waals surface area contributed by atoms with Gasteiger partial charge in [0.25, 0.3) is 5.91 Å². The Kier molecular flexibility index (Phi) is 4.57. The lowest BCUT2D eigenvalue weighted by Gasteiger charge is -2.14. The number of carbonyl (C=O) groups is 2. The second-order valence-electron chi connectivity index (χ2n) is 6.64. The van der Waals surface area contributed by atoms with Crippen LogP contribution in [0.4, 0.5) is 5.82 Å². The summed E-state index contributed by atoms with van der Waals surface area (Å²) in [4.78, 5) is 26.1. The van der Waals surface area contributed by atoms with Gasteiger partial charge in [-0.1, -0.05) is 12.8 Å². The molecule has 6 nitrogen and oxygen atoms in total. The number of ether oxygens (including phenoxy) is 1. The lowest BCUT2D eigenvalue weighted by atomic mass is 10.2. The van der Waals surface area contributed by atoms with Gasteiger partial charge in [-0.3, -0.25) is 4.79 Å². The van der Waals surface area contributed by atoms with Crippen LogP contribution in [0.1, 0.15) is 58.3 Å². The van der Waals surface area contributed by atoms with Gasteiger partial charge in [0.1, 0.15) is 10.7 Å². The molecular formula is C18H21N3O3S. The van der Waals surface area contributed by atoms with Gasteiger partial charge in [-0.25, -0.2) is 9.48 Å². The summed E-state index contributed by atoms with van der Waals surface area (Å²) in [6, 6.07) is 4.03. The number of amides is 1. The largest absolute Gasteiger partial charge is 0.451 e. The van der Waals surface area contributed by atoms with Gasteiger partial charge in [-0.15, -0.1) is 11.3 Å². The molecule has 2 aromatic heterocycles. The summed E-state index contributed by atoms with van der Waals surface area (Å²) in [5.41, 5.74) is 1.25. The van der Waals surface area contributed by atoms with Crippen LogP contribution in [0.2, 0.25) is 0 Å². The van der Waals surface area contributed by atoms with Gasteiger partial charge < -0.3 is 10.1 Å². The molecule has 0 unspecified atom stereocenters. The van der Waals surface area contributed by atoms with E-state index in [4.69, 9.17) is 4.74 Å². The highest BCUT2D eigenvalue weighted by Gasteiger charge is 2.22. The van der Waals surface area contributed by atoms with E-state index < -0.39 is 5.97 Å². The molecule has 0 bridgehead atoms. The van der Waals surface area contributed by atoms with Crippen LogP contribution in [0.15, 0.2) is 18.3 Å². The zero-order valence-electron chi connectivity index (χ0n) is 14.0. The Bertz CT molecular complexity index is 768. The highest BCUT2D eigenvalue weighted by molar-refractivity contribution is 7.14. The number of rotatable bonds is 5. The molecule has 1 fully saturated rings. The number of anilines is 1. The van der Waals surface area contributed by atoms with E-state index in [9.17, 15) is 9.59 Å². The molecule has 0 spiro atoms. The molecule has 2 heterocycles. The van der Waals surface area contributed by atoms with Crippen LogP contribution < -0.4 is 5.32 Å². The topological polar surface area (TPSA) is 73.2 Å². The van der Waals surface area contributed by atoms with Gasteiger partial charge in [-0.05, 0) is 43.7 Å². The molecule has 1 amide bonds. The first-order chi connectivity index (χ1) is 12.2. The summed E-state index contributed by atoms with van der Waals surface area (Å²) < 4.78 is 7.04. The van der Waals surface area contributed by atoms with Crippen LogP contribution in [-0.2, 0) is 22.4 Å². The molecule has 0 radical (unpaired) electrons. The number of hydrogen-bond acceptors (Lipinski definition) is 5. The maximum absolute atomic E-state index is 12.1. The predicted molar refractivity (Wildman–Crippen MR) is 95.0 cm³/mol. The number of nitrogens with one attached hydrogen (secondary N) is 1. The number of aromatic nitrogens is 2. The Morgan fingerprint density at radius 1 is 1.28 bits per heavy atom. The first-order valence-electron chi connectivity index (χ1n) is 8.83. The van der Waals surface area contributed by atoms with Gasteiger partial charge >= 0.3 is 5.97 Å². The maximum atomic E-state index is 12.1. The Labute approximate surface area is 150 Å². The van der Waals surface area contributed by atoms with Crippen LogP contribution in [0, 0.1) is 0 Å². The number of fused-ring (bicyclic) bond motifs is 1. The fraction of sp³-hybridized carbons (Fsp3) is 0.500. The Morgan fingerprint density at radius 2 is 2.12 bits per heavy atom. The van der Waals surface area contributed by atoms with Crippen molar-refractivity contribution in [2.24, 2.45) is 0 Å². The molecule has 2 aliphatic carbocycles. The Hall–Kier alpha value is -2.15. The van der Waals surface area contributed by atoms with Gasteiger partial charge in [0, 0.05) is 10.9 Å². The Morgan fingerprint density at radius 3 is 2.92 bits per heavy atom. The standard InChI is InChI=1S/C18H21N3O3S/c22-17(20-16-8-9-19-21(16)13-5-1-2-6-13)11-24-18(23)15-10-12-4-3-7-14(12)25-15/h8-10,13H,1-7,11H2,(H,20,22). The third kappa shape index (κ3) is 3.46. The van der Waals surface area contributed by atoms with Gasteiger partial charge in [0.05, 0.1) is 12.2 Å². The minimum atomic E-state index is -0.418. The number of hydrogen-bond donors (Lipinski definition) is 1. The van der Waals surface area contributed by atoms with Crippen molar-refractivity contribution in [3.8, 4) is 0 Å². The number of thiophene rings is 1. The first kappa shape index (κ1) is 16.3. The second kappa shape index (κ2) is 7.00. The molecular weight excluding hydrogens is 338 g/mol. The fourth-order valence-corrected chi connectivity index (χ4v) is 4.81. The summed E-state index contributed by atoms with van der Waals surface area (Å²) in [6.45, 7) is -0.281. The van der Waals surface area contributed by atoms with E-state index in [0.29, 0.717) is 16.7 Å². The van der Waals surface area contributed by atoms with E-state index in [1.165, 1.54) is 34.6 Å². The SMILES string of the molecule is O=C(COC(=O)c1cc2c(s1)CCC2)Nc1ccnn1C1CCCC1. The number of nitrogens with zero attached hydrogens (tertiary/aromatic N) is 2. The molecule has 7 heteroatoms. The molecule has 0 saturated heterocycles. The molecule has 2 aromatic rings. The third-order valence-corrected chi connectivity index (χ3v) is 6.11. The van der Waals surface area contributed by atoms with Crippen LogP contribution in [0.3, 0.4) is 0 Å².